The van der Waals surface area contributed by atoms with Gasteiger partial charge in [0.05, 0.1) is 6.10 Å². The van der Waals surface area contributed by atoms with Crippen molar-refractivity contribution in [3.63, 3.8) is 0 Å². The molecule has 0 unspecified atom stereocenters. The molecule has 0 aromatic carbocycles. The van der Waals surface area contributed by atoms with E-state index in [2.05, 4.69) is 9.89 Å². The summed E-state index contributed by atoms with van der Waals surface area (Å²) in [5.41, 5.74) is 0. The molecule has 0 rings (SSSR count). The third-order valence-corrected chi connectivity index (χ3v) is 0.380. The lowest BCUT2D eigenvalue weighted by Gasteiger charge is -1.98. The molecule has 0 saturated carbocycles. The zero-order valence-electron chi connectivity index (χ0n) is 4.46. The summed E-state index contributed by atoms with van der Waals surface area (Å²) in [5, 5.41) is 10.4. The van der Waals surface area contributed by atoms with E-state index in [1.54, 1.807) is 0 Å². The van der Waals surface area contributed by atoms with Gasteiger partial charge in [0.25, 0.3) is 0 Å². The molecule has 0 fully saturated rings. The fourth-order valence-corrected chi connectivity index (χ4v) is 0.149. The summed E-state index contributed by atoms with van der Waals surface area (Å²) in [6.07, 6.45) is 1.10. The maximum absolute atomic E-state index is 7.76. The molecule has 0 radical (unpaired) electrons. The first kappa shape index (κ1) is 6.27. The highest BCUT2D eigenvalue weighted by molar-refractivity contribution is 5.44. The first-order valence-corrected chi connectivity index (χ1v) is 2.08. The molecule has 3 nitrogen and oxygen atoms in total. The summed E-state index contributed by atoms with van der Waals surface area (Å²) in [6, 6.07) is 0. The average Bonchev–Trinajstić information content (AvgIpc) is 1.61. The van der Waals surface area contributed by atoms with Gasteiger partial charge in [-0.15, -0.1) is 0 Å². The molecule has 3 heteroatoms. The first-order chi connectivity index (χ1) is 3.27. The maximum Gasteiger partial charge on any atom is 0.212 e. The van der Waals surface area contributed by atoms with Gasteiger partial charge in [0.15, 0.2) is 0 Å². The van der Waals surface area contributed by atoms with Crippen molar-refractivity contribution in [2.45, 2.75) is 20.0 Å². The van der Waals surface area contributed by atoms with Crippen LogP contribution in [-0.2, 0) is 4.74 Å². The molecule has 1 N–H and O–H groups in total. The second kappa shape index (κ2) is 3.46. The molecule has 0 aromatic heterocycles. The van der Waals surface area contributed by atoms with E-state index >= 15 is 0 Å². The van der Waals surface area contributed by atoms with Crippen LogP contribution >= 0.6 is 0 Å². The highest BCUT2D eigenvalue weighted by atomic mass is 16.5. The molecule has 0 bridgehead atoms. The van der Waals surface area contributed by atoms with E-state index in [-0.39, 0.29) is 6.10 Å². The van der Waals surface area contributed by atoms with Crippen molar-refractivity contribution in [1.29, 1.82) is 0 Å². The van der Waals surface area contributed by atoms with Crippen LogP contribution in [0.15, 0.2) is 5.16 Å². The predicted octanol–water partition coefficient (Wildman–Crippen LogP) is 0.829. The van der Waals surface area contributed by atoms with Gasteiger partial charge in [0.2, 0.25) is 6.40 Å². The van der Waals surface area contributed by atoms with Crippen molar-refractivity contribution in [3.05, 3.63) is 0 Å². The van der Waals surface area contributed by atoms with Gasteiger partial charge in [-0.2, -0.15) is 0 Å². The Kier molecular flexibility index (Phi) is 3.10. The van der Waals surface area contributed by atoms with Crippen LogP contribution in [0.1, 0.15) is 13.8 Å². The molecular formula is C4H9NO2. The van der Waals surface area contributed by atoms with Crippen LogP contribution < -0.4 is 0 Å². The summed E-state index contributed by atoms with van der Waals surface area (Å²) in [6.45, 7) is 3.70. The third kappa shape index (κ3) is 5.27. The lowest BCUT2D eigenvalue weighted by molar-refractivity contribution is 0.218. The topological polar surface area (TPSA) is 41.8 Å². The van der Waals surface area contributed by atoms with Crippen molar-refractivity contribution in [1.82, 2.24) is 0 Å². The van der Waals surface area contributed by atoms with Crippen LogP contribution in [-0.4, -0.2) is 17.7 Å². The Hall–Kier alpha value is -0.730. The minimum absolute atomic E-state index is 0.0934. The van der Waals surface area contributed by atoms with Crippen molar-refractivity contribution in [3.8, 4) is 0 Å². The molecular weight excluding hydrogens is 94.0 g/mol. The Balaban J connectivity index is 2.97. The predicted molar refractivity (Wildman–Crippen MR) is 26.5 cm³/mol. The van der Waals surface area contributed by atoms with E-state index in [0.29, 0.717) is 0 Å². The molecule has 42 valence electrons. The second-order valence-corrected chi connectivity index (χ2v) is 1.41. The summed E-state index contributed by atoms with van der Waals surface area (Å²) in [5.74, 6) is 0. The smallest absolute Gasteiger partial charge is 0.212 e. The molecule has 0 spiro atoms. The monoisotopic (exact) mass is 103 g/mol. The highest BCUT2D eigenvalue weighted by Crippen LogP contribution is 1.80. The summed E-state index contributed by atoms with van der Waals surface area (Å²) >= 11 is 0. The van der Waals surface area contributed by atoms with Gasteiger partial charge in [0, 0.05) is 0 Å². The molecule has 0 saturated heterocycles. The number of nitrogens with zero attached hydrogens (tertiary/aromatic N) is 1. The van der Waals surface area contributed by atoms with Gasteiger partial charge < -0.3 is 9.94 Å². The summed E-state index contributed by atoms with van der Waals surface area (Å²) in [4.78, 5) is 0. The highest BCUT2D eigenvalue weighted by Gasteiger charge is 1.83. The number of oxime groups is 1. The fraction of sp³-hybridized carbons (Fsp3) is 0.750. The molecule has 7 heavy (non-hydrogen) atoms. The lowest BCUT2D eigenvalue weighted by atomic mass is 10.5. The summed E-state index contributed by atoms with van der Waals surface area (Å²) < 4.78 is 4.65. The fourth-order valence-electron chi connectivity index (χ4n) is 0.149. The molecule has 0 heterocycles. The molecule has 0 aliphatic carbocycles. The van der Waals surface area contributed by atoms with Crippen molar-refractivity contribution < 1.29 is 9.94 Å². The van der Waals surface area contributed by atoms with Crippen LogP contribution in [0.4, 0.5) is 0 Å². The van der Waals surface area contributed by atoms with Crippen LogP contribution in [0.3, 0.4) is 0 Å². The Morgan fingerprint density at radius 2 is 2.29 bits per heavy atom. The van der Waals surface area contributed by atoms with Crippen LogP contribution in [0.5, 0.6) is 0 Å². The maximum atomic E-state index is 7.76. The minimum atomic E-state index is 0.0934. The van der Waals surface area contributed by atoms with Gasteiger partial charge in [-0.25, -0.2) is 0 Å². The van der Waals surface area contributed by atoms with Gasteiger partial charge in [-0.3, -0.25) is 0 Å². The van der Waals surface area contributed by atoms with E-state index < -0.39 is 0 Å². The molecule has 0 aromatic rings. The number of rotatable bonds is 2. The van der Waals surface area contributed by atoms with E-state index in [1.165, 1.54) is 0 Å². The van der Waals surface area contributed by atoms with Gasteiger partial charge in [-0.05, 0) is 13.8 Å². The average molecular weight is 103 g/mol. The quantitative estimate of drug-likeness (QED) is 0.243. The third-order valence-electron chi connectivity index (χ3n) is 0.380. The Labute approximate surface area is 42.6 Å². The number of hydrogen-bond donors (Lipinski definition) is 1. The Bertz CT molecular complexity index is 60.7. The summed E-state index contributed by atoms with van der Waals surface area (Å²) in [7, 11) is 0. The van der Waals surface area contributed by atoms with Gasteiger partial charge in [0.1, 0.15) is 0 Å². The largest absolute Gasteiger partial charge is 0.478 e. The number of hydrogen-bond acceptors (Lipinski definition) is 3. The van der Waals surface area contributed by atoms with Crippen LogP contribution in [0, 0.1) is 0 Å². The molecule has 0 aliphatic heterocycles. The van der Waals surface area contributed by atoms with Crippen LogP contribution in [0.2, 0.25) is 0 Å². The van der Waals surface area contributed by atoms with Gasteiger partial charge in [-0.1, -0.05) is 5.16 Å². The standard InChI is InChI=1S/C4H9NO2/c1-4(2)7-3-5-6/h3-4,6H,1-2H3/b5-3+. The van der Waals surface area contributed by atoms with Crippen molar-refractivity contribution in [2.24, 2.45) is 5.16 Å². The first-order valence-electron chi connectivity index (χ1n) is 2.08. The van der Waals surface area contributed by atoms with E-state index in [9.17, 15) is 0 Å². The zero-order chi connectivity index (χ0) is 5.70. The van der Waals surface area contributed by atoms with E-state index in [4.69, 9.17) is 5.21 Å². The molecule has 0 aliphatic rings. The minimum Gasteiger partial charge on any atom is -0.478 e. The molecule has 0 amide bonds. The Morgan fingerprint density at radius 1 is 1.71 bits per heavy atom. The van der Waals surface area contributed by atoms with Crippen LogP contribution in [0.25, 0.3) is 0 Å². The zero-order valence-corrected chi connectivity index (χ0v) is 4.46. The lowest BCUT2D eigenvalue weighted by Crippen LogP contribution is -1.98. The van der Waals surface area contributed by atoms with E-state index in [1.807, 2.05) is 13.8 Å². The normalized spacial score (nSPS) is 10.7. The molecule has 0 atom stereocenters. The SMILES string of the molecule is CC(C)O/C=N/O. The van der Waals surface area contributed by atoms with Gasteiger partial charge >= 0.3 is 0 Å². The second-order valence-electron chi connectivity index (χ2n) is 1.41. The van der Waals surface area contributed by atoms with E-state index in [0.717, 1.165) is 6.40 Å². The number of ether oxygens (including phenoxy) is 1. The van der Waals surface area contributed by atoms with Crippen molar-refractivity contribution >= 4 is 6.40 Å². The van der Waals surface area contributed by atoms with Crippen molar-refractivity contribution in [2.75, 3.05) is 0 Å². The Morgan fingerprint density at radius 3 is 2.43 bits per heavy atom.